The third-order valence-corrected chi connectivity index (χ3v) is 5.43. The van der Waals surface area contributed by atoms with Gasteiger partial charge in [0.25, 0.3) is 0 Å². The minimum Gasteiger partial charge on any atom is -0.392 e. The summed E-state index contributed by atoms with van der Waals surface area (Å²) in [6, 6.07) is 4.96. The van der Waals surface area contributed by atoms with Gasteiger partial charge in [-0.25, -0.2) is 8.42 Å². The molecule has 1 fully saturated rings. The molecule has 0 saturated heterocycles. The first-order valence-electron chi connectivity index (χ1n) is 6.63. The molecule has 108 valence electrons. The molecule has 1 aliphatic carbocycles. The van der Waals surface area contributed by atoms with Crippen LogP contribution in [-0.2, 0) is 16.6 Å². The van der Waals surface area contributed by atoms with Crippen molar-refractivity contribution in [3.05, 3.63) is 29.3 Å². The molecule has 0 aromatic heterocycles. The third-order valence-electron chi connectivity index (χ3n) is 3.48. The van der Waals surface area contributed by atoms with E-state index in [9.17, 15) is 13.5 Å². The van der Waals surface area contributed by atoms with Gasteiger partial charge in [-0.2, -0.15) is 4.31 Å². The number of nitrogens with zero attached hydrogens (tertiary/aromatic N) is 1. The minimum atomic E-state index is -3.60. The van der Waals surface area contributed by atoms with E-state index in [0.29, 0.717) is 23.6 Å². The van der Waals surface area contributed by atoms with Gasteiger partial charge in [-0.1, -0.05) is 18.1 Å². The Hall–Kier alpha value is -1.35. The molecule has 0 heterocycles. The van der Waals surface area contributed by atoms with E-state index in [1.165, 1.54) is 10.4 Å². The molecule has 1 aromatic carbocycles. The Morgan fingerprint density at radius 3 is 2.70 bits per heavy atom. The van der Waals surface area contributed by atoms with Gasteiger partial charge in [-0.15, -0.1) is 6.42 Å². The zero-order valence-corrected chi connectivity index (χ0v) is 12.4. The lowest BCUT2D eigenvalue weighted by atomic mass is 10.2. The van der Waals surface area contributed by atoms with Crippen molar-refractivity contribution < 1.29 is 13.5 Å². The number of aryl methyl sites for hydroxylation is 1. The monoisotopic (exact) mass is 293 g/mol. The number of sulfonamides is 1. The minimum absolute atomic E-state index is 0.0849. The summed E-state index contributed by atoms with van der Waals surface area (Å²) >= 11 is 0. The molecule has 0 bridgehead atoms. The van der Waals surface area contributed by atoms with Gasteiger partial charge in [-0.3, -0.25) is 0 Å². The Morgan fingerprint density at radius 1 is 1.45 bits per heavy atom. The molecule has 0 radical (unpaired) electrons. The summed E-state index contributed by atoms with van der Waals surface area (Å²) in [7, 11) is -3.60. The Kier molecular flexibility index (Phi) is 4.48. The molecule has 4 nitrogen and oxygen atoms in total. The smallest absolute Gasteiger partial charge is 0.244 e. The van der Waals surface area contributed by atoms with Crippen molar-refractivity contribution in [3.8, 4) is 12.3 Å². The molecular weight excluding hydrogens is 274 g/mol. The molecule has 1 aliphatic rings. The first kappa shape index (κ1) is 15.0. The molecule has 1 aromatic rings. The average Bonchev–Trinajstić information content (AvgIpc) is 3.22. The van der Waals surface area contributed by atoms with Crippen LogP contribution >= 0.6 is 0 Å². The van der Waals surface area contributed by atoms with Crippen LogP contribution < -0.4 is 0 Å². The highest BCUT2D eigenvalue weighted by molar-refractivity contribution is 7.89. The fourth-order valence-corrected chi connectivity index (χ4v) is 3.80. The quantitative estimate of drug-likeness (QED) is 0.809. The van der Waals surface area contributed by atoms with E-state index >= 15 is 0 Å². The van der Waals surface area contributed by atoms with Crippen LogP contribution in [0, 0.1) is 25.2 Å². The van der Waals surface area contributed by atoms with Crippen LogP contribution in [0.2, 0.25) is 0 Å². The van der Waals surface area contributed by atoms with Crippen LogP contribution in [0.4, 0.5) is 0 Å². The molecule has 0 unspecified atom stereocenters. The SMILES string of the molecule is C#CCN(CC1CC1)S(=O)(=O)c1cc(CO)ccc1C. The molecular formula is C15H19NO3S. The first-order chi connectivity index (χ1) is 9.48. The highest BCUT2D eigenvalue weighted by Crippen LogP contribution is 2.32. The van der Waals surface area contributed by atoms with Crippen LogP contribution in [0.1, 0.15) is 24.0 Å². The number of aliphatic hydroxyl groups is 1. The predicted octanol–water partition coefficient (Wildman–Crippen LogP) is 1.52. The first-order valence-corrected chi connectivity index (χ1v) is 8.07. The van der Waals surface area contributed by atoms with Gasteiger partial charge in [0.1, 0.15) is 0 Å². The molecule has 2 rings (SSSR count). The molecule has 0 spiro atoms. The zero-order valence-electron chi connectivity index (χ0n) is 11.5. The second-order valence-electron chi connectivity index (χ2n) is 5.20. The highest BCUT2D eigenvalue weighted by Gasteiger charge is 2.32. The summed E-state index contributed by atoms with van der Waals surface area (Å²) in [6.45, 7) is 2.14. The maximum absolute atomic E-state index is 12.7. The molecule has 0 aliphatic heterocycles. The van der Waals surface area contributed by atoms with Gasteiger partial charge in [0.15, 0.2) is 0 Å². The average molecular weight is 293 g/mol. The van der Waals surface area contributed by atoms with E-state index in [0.717, 1.165) is 12.8 Å². The van der Waals surface area contributed by atoms with Crippen LogP contribution in [0.3, 0.4) is 0 Å². The number of benzene rings is 1. The summed E-state index contributed by atoms with van der Waals surface area (Å²) in [5, 5.41) is 9.18. The summed E-state index contributed by atoms with van der Waals surface area (Å²) < 4.78 is 26.8. The fraction of sp³-hybridized carbons (Fsp3) is 0.467. The van der Waals surface area contributed by atoms with E-state index in [1.807, 2.05) is 0 Å². The van der Waals surface area contributed by atoms with Crippen molar-refractivity contribution >= 4 is 10.0 Å². The van der Waals surface area contributed by atoms with Gasteiger partial charge in [0, 0.05) is 6.54 Å². The van der Waals surface area contributed by atoms with Crippen LogP contribution in [0.5, 0.6) is 0 Å². The molecule has 1 saturated carbocycles. The van der Waals surface area contributed by atoms with Crippen molar-refractivity contribution in [1.82, 2.24) is 4.31 Å². The van der Waals surface area contributed by atoms with Crippen LogP contribution in [0.15, 0.2) is 23.1 Å². The van der Waals surface area contributed by atoms with Crippen molar-refractivity contribution in [2.24, 2.45) is 5.92 Å². The lowest BCUT2D eigenvalue weighted by molar-refractivity contribution is 0.281. The van der Waals surface area contributed by atoms with Crippen molar-refractivity contribution in [1.29, 1.82) is 0 Å². The number of aliphatic hydroxyl groups excluding tert-OH is 1. The normalized spacial score (nSPS) is 15.3. The number of hydrogen-bond acceptors (Lipinski definition) is 3. The number of hydrogen-bond donors (Lipinski definition) is 1. The standard InChI is InChI=1S/C15H19NO3S/c1-3-8-16(10-13-6-7-13)20(18,19)15-9-14(11-17)5-4-12(15)2/h1,4-5,9,13,17H,6-8,10-11H2,2H3. The van der Waals surface area contributed by atoms with Gasteiger partial charge in [0.2, 0.25) is 10.0 Å². The topological polar surface area (TPSA) is 57.6 Å². The lowest BCUT2D eigenvalue weighted by Gasteiger charge is -2.21. The molecule has 5 heteroatoms. The molecule has 0 amide bonds. The second kappa shape index (κ2) is 5.96. The maximum Gasteiger partial charge on any atom is 0.244 e. The Labute approximate surface area is 120 Å². The van der Waals surface area contributed by atoms with Crippen LogP contribution in [0.25, 0.3) is 0 Å². The van der Waals surface area contributed by atoms with E-state index in [2.05, 4.69) is 5.92 Å². The summed E-state index contributed by atoms with van der Waals surface area (Å²) in [6.07, 6.45) is 7.42. The highest BCUT2D eigenvalue weighted by atomic mass is 32.2. The molecule has 20 heavy (non-hydrogen) atoms. The van der Waals surface area contributed by atoms with Gasteiger partial charge in [0.05, 0.1) is 18.0 Å². The summed E-state index contributed by atoms with van der Waals surface area (Å²) in [4.78, 5) is 0.236. The Morgan fingerprint density at radius 2 is 2.15 bits per heavy atom. The zero-order chi connectivity index (χ0) is 14.8. The van der Waals surface area contributed by atoms with E-state index in [4.69, 9.17) is 6.42 Å². The summed E-state index contributed by atoms with van der Waals surface area (Å²) in [5.41, 5.74) is 1.25. The van der Waals surface area contributed by atoms with Crippen molar-refractivity contribution in [3.63, 3.8) is 0 Å². The maximum atomic E-state index is 12.7. The van der Waals surface area contributed by atoms with Gasteiger partial charge < -0.3 is 5.11 Å². The number of terminal acetylenes is 1. The lowest BCUT2D eigenvalue weighted by Crippen LogP contribution is -2.33. The second-order valence-corrected chi connectivity index (χ2v) is 7.11. The van der Waals surface area contributed by atoms with Crippen LogP contribution in [-0.4, -0.2) is 30.9 Å². The Balaban J connectivity index is 2.38. The summed E-state index contributed by atoms with van der Waals surface area (Å²) in [5.74, 6) is 2.85. The fourth-order valence-electron chi connectivity index (χ4n) is 2.10. The largest absolute Gasteiger partial charge is 0.392 e. The van der Waals surface area contributed by atoms with Crippen molar-refractivity contribution in [2.75, 3.05) is 13.1 Å². The predicted molar refractivity (Wildman–Crippen MR) is 77.4 cm³/mol. The van der Waals surface area contributed by atoms with E-state index in [-0.39, 0.29) is 18.0 Å². The Bertz CT molecular complexity index is 627. The van der Waals surface area contributed by atoms with E-state index < -0.39 is 10.0 Å². The molecule has 0 atom stereocenters. The van der Waals surface area contributed by atoms with Crippen molar-refractivity contribution in [2.45, 2.75) is 31.3 Å². The van der Waals surface area contributed by atoms with Gasteiger partial charge in [-0.05, 0) is 42.9 Å². The van der Waals surface area contributed by atoms with E-state index in [1.54, 1.807) is 19.1 Å². The third kappa shape index (κ3) is 3.21. The van der Waals surface area contributed by atoms with Gasteiger partial charge >= 0.3 is 0 Å². The number of rotatable bonds is 6. The molecule has 1 N–H and O–H groups in total.